The zero-order chi connectivity index (χ0) is 31.3. The van der Waals surface area contributed by atoms with Crippen LogP contribution in [0.1, 0.15) is 67.0 Å². The maximum Gasteiger partial charge on any atom is 0.337 e. The summed E-state index contributed by atoms with van der Waals surface area (Å²) in [6.45, 7) is 9.30. The van der Waals surface area contributed by atoms with Crippen molar-refractivity contribution in [3.63, 3.8) is 0 Å². The van der Waals surface area contributed by atoms with E-state index in [0.717, 1.165) is 23.1 Å². The van der Waals surface area contributed by atoms with Crippen LogP contribution in [0.3, 0.4) is 0 Å². The van der Waals surface area contributed by atoms with Crippen LogP contribution in [0.2, 0.25) is 0 Å². The number of carbonyl (C=O) groups is 1. The van der Waals surface area contributed by atoms with Crippen LogP contribution in [0.25, 0.3) is 28.5 Å². The van der Waals surface area contributed by atoms with Crippen LogP contribution in [0.4, 0.5) is 8.78 Å². The van der Waals surface area contributed by atoms with Crippen molar-refractivity contribution in [1.82, 2.24) is 19.6 Å². The highest BCUT2D eigenvalue weighted by Crippen LogP contribution is 2.42. The van der Waals surface area contributed by atoms with Gasteiger partial charge < -0.3 is 19.0 Å². The van der Waals surface area contributed by atoms with Crippen molar-refractivity contribution in [3.8, 4) is 28.6 Å². The predicted molar refractivity (Wildman–Crippen MR) is 158 cm³/mol. The van der Waals surface area contributed by atoms with E-state index in [1.54, 1.807) is 52.1 Å². The van der Waals surface area contributed by atoms with Gasteiger partial charge in [-0.1, -0.05) is 12.1 Å². The zero-order valence-corrected chi connectivity index (χ0v) is 25.1. The first kappa shape index (κ1) is 29.4. The molecule has 2 aromatic carbocycles. The summed E-state index contributed by atoms with van der Waals surface area (Å²) in [4.78, 5) is 21.8. The first-order valence-corrected chi connectivity index (χ1v) is 14.3. The van der Waals surface area contributed by atoms with Crippen LogP contribution in [0.5, 0.6) is 5.75 Å². The van der Waals surface area contributed by atoms with Gasteiger partial charge in [-0.2, -0.15) is 5.10 Å². The number of aliphatic carboxylic acids is 1. The third-order valence-corrected chi connectivity index (χ3v) is 7.54. The van der Waals surface area contributed by atoms with E-state index in [1.807, 2.05) is 6.92 Å². The molecule has 9 nitrogen and oxygen atoms in total. The lowest BCUT2D eigenvalue weighted by Crippen LogP contribution is -2.29. The molecule has 3 aromatic heterocycles. The molecule has 4 heterocycles. The molecule has 1 N–H and O–H groups in total. The van der Waals surface area contributed by atoms with E-state index in [0.29, 0.717) is 53.5 Å². The van der Waals surface area contributed by atoms with E-state index >= 15 is 4.39 Å². The molecule has 6 rings (SSSR count). The number of hydrogen-bond donors (Lipinski definition) is 1. The van der Waals surface area contributed by atoms with E-state index in [4.69, 9.17) is 24.0 Å². The zero-order valence-electron chi connectivity index (χ0n) is 25.1. The van der Waals surface area contributed by atoms with Crippen molar-refractivity contribution in [2.45, 2.75) is 65.6 Å². The Balaban J connectivity index is 1.55. The number of rotatable bonds is 7. The molecule has 0 saturated carbocycles. The van der Waals surface area contributed by atoms with Gasteiger partial charge in [-0.25, -0.2) is 28.1 Å². The average Bonchev–Trinajstić information content (AvgIpc) is 3.61. The third kappa shape index (κ3) is 5.55. The Morgan fingerprint density at radius 2 is 1.91 bits per heavy atom. The molecule has 44 heavy (non-hydrogen) atoms. The molecule has 0 amide bonds. The van der Waals surface area contributed by atoms with Gasteiger partial charge in [0.15, 0.2) is 29.0 Å². The highest BCUT2D eigenvalue weighted by molar-refractivity contribution is 5.82. The van der Waals surface area contributed by atoms with Crippen LogP contribution >= 0.6 is 0 Å². The highest BCUT2D eigenvalue weighted by atomic mass is 19.1. The lowest BCUT2D eigenvalue weighted by Gasteiger charge is -2.28. The first-order chi connectivity index (χ1) is 20.9. The number of ether oxygens (including phenoxy) is 2. The van der Waals surface area contributed by atoms with Gasteiger partial charge in [-0.3, -0.25) is 0 Å². The molecule has 0 saturated heterocycles. The first-order valence-electron chi connectivity index (χ1n) is 14.3. The number of fused-ring (bicyclic) bond motifs is 2. The van der Waals surface area contributed by atoms with Gasteiger partial charge in [0.05, 0.1) is 24.1 Å². The Hall–Kier alpha value is -4.64. The van der Waals surface area contributed by atoms with Crippen molar-refractivity contribution in [3.05, 3.63) is 87.9 Å². The number of benzene rings is 2. The highest BCUT2D eigenvalue weighted by Gasteiger charge is 2.35. The Morgan fingerprint density at radius 1 is 1.16 bits per heavy atom. The molecule has 0 fully saturated rings. The smallest absolute Gasteiger partial charge is 0.337 e. The number of carboxylic acid groups (broad SMARTS) is 1. The van der Waals surface area contributed by atoms with Crippen molar-refractivity contribution >= 4 is 11.6 Å². The molecule has 228 valence electrons. The molecular weight excluding hydrogens is 570 g/mol. The van der Waals surface area contributed by atoms with Gasteiger partial charge in [0.2, 0.25) is 5.89 Å². The van der Waals surface area contributed by atoms with Gasteiger partial charge in [0.25, 0.3) is 0 Å². The number of halogens is 2. The second-order valence-electron chi connectivity index (χ2n) is 11.9. The molecule has 1 aliphatic rings. The summed E-state index contributed by atoms with van der Waals surface area (Å²) in [6.07, 6.45) is 1.90. The molecule has 1 atom stereocenters. The van der Waals surface area contributed by atoms with Crippen molar-refractivity contribution in [2.24, 2.45) is 0 Å². The molecule has 0 unspecified atom stereocenters. The minimum Gasteiger partial charge on any atom is -0.490 e. The number of oxazole rings is 1. The quantitative estimate of drug-likeness (QED) is 0.216. The lowest BCUT2D eigenvalue weighted by atomic mass is 9.91. The second-order valence-corrected chi connectivity index (χ2v) is 11.9. The Bertz CT molecular complexity index is 1890. The molecule has 0 bridgehead atoms. The predicted octanol–water partition coefficient (Wildman–Crippen LogP) is 6.80. The van der Waals surface area contributed by atoms with Crippen LogP contribution in [0.15, 0.2) is 47.0 Å². The summed E-state index contributed by atoms with van der Waals surface area (Å²) in [6, 6.07) is 9.15. The fourth-order valence-electron chi connectivity index (χ4n) is 5.61. The minimum absolute atomic E-state index is 0.219. The minimum atomic E-state index is -1.42. The molecule has 1 aliphatic heterocycles. The summed E-state index contributed by atoms with van der Waals surface area (Å²) >= 11 is 0. The molecule has 5 aromatic rings. The van der Waals surface area contributed by atoms with Crippen molar-refractivity contribution in [2.75, 3.05) is 6.61 Å². The second kappa shape index (κ2) is 11.1. The standard InChI is InChI=1S/C33H32F2N4O5/c1-17-22-7-6-12-42-29(22)24(35)14-23(17)28-27(30(32(40)41)44-33(3,4)5)18(2)37-26-15-25(38-39(26)28)31-36-16-21(43-31)13-19-8-10-20(34)11-9-19/h8-11,14-16,30H,6-7,12-13H2,1-5H3,(H,40,41)/t30-/m0/s1. The Morgan fingerprint density at radius 3 is 2.61 bits per heavy atom. The van der Waals surface area contributed by atoms with E-state index in [1.165, 1.54) is 22.7 Å². The van der Waals surface area contributed by atoms with Gasteiger partial charge >= 0.3 is 5.97 Å². The summed E-state index contributed by atoms with van der Waals surface area (Å²) in [7, 11) is 0. The fourth-order valence-corrected chi connectivity index (χ4v) is 5.61. The molecule has 0 aliphatic carbocycles. The maximum absolute atomic E-state index is 15.6. The number of aromatic nitrogens is 4. The SMILES string of the molecule is Cc1nc2cc(-c3ncc(Cc4ccc(F)cc4)o3)nn2c(-c2cc(F)c3c(c2C)CCCO3)c1[C@H](OC(C)(C)C)C(=O)O. The summed E-state index contributed by atoms with van der Waals surface area (Å²) in [5.74, 6) is -1.09. The van der Waals surface area contributed by atoms with Crippen LogP contribution < -0.4 is 4.74 Å². The number of aryl methyl sites for hydroxylation is 1. The van der Waals surface area contributed by atoms with E-state index in [2.05, 4.69) is 4.98 Å². The van der Waals surface area contributed by atoms with Crippen LogP contribution in [-0.2, 0) is 22.4 Å². The Labute approximate surface area is 252 Å². The number of nitrogens with zero attached hydrogens (tertiary/aromatic N) is 4. The third-order valence-electron chi connectivity index (χ3n) is 7.54. The molecular formula is C33H32F2N4O5. The van der Waals surface area contributed by atoms with Crippen molar-refractivity contribution in [1.29, 1.82) is 0 Å². The normalized spacial score (nSPS) is 14.0. The lowest BCUT2D eigenvalue weighted by molar-refractivity contribution is -0.160. The molecule has 0 spiro atoms. The molecule has 0 radical (unpaired) electrons. The van der Waals surface area contributed by atoms with Crippen molar-refractivity contribution < 1.29 is 32.6 Å². The summed E-state index contributed by atoms with van der Waals surface area (Å²) < 4.78 is 48.2. The number of hydrogen-bond acceptors (Lipinski definition) is 7. The van der Waals surface area contributed by atoms with Gasteiger partial charge in [0, 0.05) is 34.9 Å². The van der Waals surface area contributed by atoms with Crippen LogP contribution in [0, 0.1) is 25.5 Å². The largest absolute Gasteiger partial charge is 0.490 e. The average molecular weight is 603 g/mol. The molecule has 11 heteroatoms. The summed E-state index contributed by atoms with van der Waals surface area (Å²) in [5.41, 5.74) is 3.72. The number of carboxylic acids is 1. The van der Waals surface area contributed by atoms with Crippen LogP contribution in [-0.4, -0.2) is 42.9 Å². The fraction of sp³-hybridized carbons (Fsp3) is 0.333. The maximum atomic E-state index is 15.6. The monoisotopic (exact) mass is 602 g/mol. The van der Waals surface area contributed by atoms with Gasteiger partial charge in [-0.05, 0) is 76.8 Å². The van der Waals surface area contributed by atoms with Gasteiger partial charge in [0.1, 0.15) is 11.6 Å². The van der Waals surface area contributed by atoms with E-state index in [-0.39, 0.29) is 23.0 Å². The summed E-state index contributed by atoms with van der Waals surface area (Å²) in [5, 5.41) is 15.1. The van der Waals surface area contributed by atoms with E-state index in [9.17, 15) is 14.3 Å². The topological polar surface area (TPSA) is 112 Å². The van der Waals surface area contributed by atoms with Gasteiger partial charge in [-0.15, -0.1) is 0 Å². The van der Waals surface area contributed by atoms with E-state index < -0.39 is 23.5 Å². The Kier molecular flexibility index (Phi) is 7.44.